The van der Waals surface area contributed by atoms with Gasteiger partial charge in [0.25, 0.3) is 0 Å². The first-order valence-corrected chi connectivity index (χ1v) is 7.20. The molecule has 0 aromatic heterocycles. The Bertz CT molecular complexity index is 672. The van der Waals surface area contributed by atoms with Gasteiger partial charge in [-0.05, 0) is 59.9 Å². The standard InChI is InChI=1S/C18H21FN2O/c1-12-11-15(9-10-16(12)18(2,3)4)21-17(22)20-14-7-5-13(19)6-8-14/h5-11H,1-4H3,(H2,20,21,22). The predicted molar refractivity (Wildman–Crippen MR) is 88.9 cm³/mol. The van der Waals surface area contributed by atoms with E-state index in [1.807, 2.05) is 25.1 Å². The van der Waals surface area contributed by atoms with E-state index in [-0.39, 0.29) is 17.3 Å². The largest absolute Gasteiger partial charge is 0.323 e. The van der Waals surface area contributed by atoms with Crippen LogP contribution in [0.15, 0.2) is 42.5 Å². The molecule has 4 heteroatoms. The smallest absolute Gasteiger partial charge is 0.308 e. The molecule has 0 unspecified atom stereocenters. The maximum absolute atomic E-state index is 12.8. The number of carbonyl (C=O) groups excluding carboxylic acids is 1. The summed E-state index contributed by atoms with van der Waals surface area (Å²) in [6.07, 6.45) is 0. The lowest BCUT2D eigenvalue weighted by atomic mass is 9.84. The van der Waals surface area contributed by atoms with Gasteiger partial charge in [0, 0.05) is 11.4 Å². The lowest BCUT2D eigenvalue weighted by molar-refractivity contribution is 0.262. The predicted octanol–water partition coefficient (Wildman–Crippen LogP) is 5.08. The summed E-state index contributed by atoms with van der Waals surface area (Å²) in [7, 11) is 0. The minimum atomic E-state index is -0.352. The van der Waals surface area contributed by atoms with Crippen molar-refractivity contribution in [1.29, 1.82) is 0 Å². The van der Waals surface area contributed by atoms with Gasteiger partial charge in [-0.25, -0.2) is 9.18 Å². The maximum Gasteiger partial charge on any atom is 0.323 e. The van der Waals surface area contributed by atoms with Crippen molar-refractivity contribution in [3.63, 3.8) is 0 Å². The Morgan fingerprint density at radius 3 is 2.05 bits per heavy atom. The van der Waals surface area contributed by atoms with E-state index in [4.69, 9.17) is 0 Å². The van der Waals surface area contributed by atoms with Gasteiger partial charge in [0.1, 0.15) is 5.82 Å². The molecule has 0 aliphatic heterocycles. The van der Waals surface area contributed by atoms with Crippen LogP contribution < -0.4 is 10.6 Å². The van der Waals surface area contributed by atoms with Crippen molar-refractivity contribution in [2.45, 2.75) is 33.1 Å². The van der Waals surface area contributed by atoms with Gasteiger partial charge in [0.2, 0.25) is 0 Å². The molecule has 2 aromatic carbocycles. The number of carbonyl (C=O) groups is 1. The number of hydrogen-bond acceptors (Lipinski definition) is 1. The van der Waals surface area contributed by atoms with Crippen molar-refractivity contribution >= 4 is 17.4 Å². The molecular formula is C18H21FN2O. The van der Waals surface area contributed by atoms with Crippen LogP contribution in [-0.2, 0) is 5.41 Å². The molecule has 0 aliphatic carbocycles. The van der Waals surface area contributed by atoms with E-state index in [0.29, 0.717) is 5.69 Å². The first kappa shape index (κ1) is 16.0. The molecule has 0 fully saturated rings. The summed E-state index contributed by atoms with van der Waals surface area (Å²) >= 11 is 0. The van der Waals surface area contributed by atoms with Crippen LogP contribution in [0, 0.1) is 12.7 Å². The number of amides is 2. The topological polar surface area (TPSA) is 41.1 Å². The molecule has 3 nitrogen and oxygen atoms in total. The van der Waals surface area contributed by atoms with E-state index in [0.717, 1.165) is 11.3 Å². The molecular weight excluding hydrogens is 279 g/mol. The highest BCUT2D eigenvalue weighted by molar-refractivity contribution is 5.99. The molecule has 0 saturated heterocycles. The fourth-order valence-electron chi connectivity index (χ4n) is 2.41. The van der Waals surface area contributed by atoms with Crippen molar-refractivity contribution < 1.29 is 9.18 Å². The van der Waals surface area contributed by atoms with Crippen LogP contribution in [0.5, 0.6) is 0 Å². The number of urea groups is 1. The fraction of sp³-hybridized carbons (Fsp3) is 0.278. The van der Waals surface area contributed by atoms with Crippen LogP contribution in [-0.4, -0.2) is 6.03 Å². The first-order valence-electron chi connectivity index (χ1n) is 7.20. The number of aryl methyl sites for hydroxylation is 1. The van der Waals surface area contributed by atoms with Crippen LogP contribution in [0.25, 0.3) is 0 Å². The molecule has 2 aromatic rings. The zero-order valence-electron chi connectivity index (χ0n) is 13.3. The molecule has 0 atom stereocenters. The number of anilines is 2. The zero-order chi connectivity index (χ0) is 16.3. The Morgan fingerprint density at radius 1 is 0.955 bits per heavy atom. The van der Waals surface area contributed by atoms with E-state index in [1.54, 1.807) is 0 Å². The summed E-state index contributed by atoms with van der Waals surface area (Å²) in [4.78, 5) is 11.9. The third-order valence-electron chi connectivity index (χ3n) is 3.39. The van der Waals surface area contributed by atoms with E-state index in [2.05, 4.69) is 31.4 Å². The second-order valence-corrected chi connectivity index (χ2v) is 6.37. The van der Waals surface area contributed by atoms with Gasteiger partial charge >= 0.3 is 6.03 Å². The maximum atomic E-state index is 12.8. The quantitative estimate of drug-likeness (QED) is 0.798. The minimum Gasteiger partial charge on any atom is -0.308 e. The normalized spacial score (nSPS) is 11.1. The average Bonchev–Trinajstić information content (AvgIpc) is 2.40. The molecule has 0 radical (unpaired) electrons. The zero-order valence-corrected chi connectivity index (χ0v) is 13.3. The summed E-state index contributed by atoms with van der Waals surface area (Å²) in [5, 5.41) is 5.45. The van der Waals surface area contributed by atoms with Gasteiger partial charge in [-0.3, -0.25) is 0 Å². The third-order valence-corrected chi connectivity index (χ3v) is 3.39. The van der Waals surface area contributed by atoms with Gasteiger partial charge < -0.3 is 10.6 Å². The summed E-state index contributed by atoms with van der Waals surface area (Å²) in [6.45, 7) is 8.50. The molecule has 0 bridgehead atoms. The Kier molecular flexibility index (Phi) is 4.50. The van der Waals surface area contributed by atoms with Gasteiger partial charge in [-0.15, -0.1) is 0 Å². The number of rotatable bonds is 2. The molecule has 22 heavy (non-hydrogen) atoms. The number of hydrogen-bond donors (Lipinski definition) is 2. The van der Waals surface area contributed by atoms with E-state index in [1.165, 1.54) is 29.8 Å². The highest BCUT2D eigenvalue weighted by Gasteiger charge is 2.16. The average molecular weight is 300 g/mol. The summed E-state index contributed by atoms with van der Waals surface area (Å²) in [5.74, 6) is -0.334. The van der Waals surface area contributed by atoms with E-state index >= 15 is 0 Å². The molecule has 0 saturated carbocycles. The van der Waals surface area contributed by atoms with Gasteiger partial charge in [0.05, 0.1) is 0 Å². The molecule has 2 amide bonds. The Balaban J connectivity index is 2.06. The third kappa shape index (κ3) is 4.07. The Hall–Kier alpha value is -2.36. The van der Waals surface area contributed by atoms with Crippen molar-refractivity contribution in [3.05, 3.63) is 59.4 Å². The number of benzene rings is 2. The fourth-order valence-corrected chi connectivity index (χ4v) is 2.41. The monoisotopic (exact) mass is 300 g/mol. The van der Waals surface area contributed by atoms with Crippen LogP contribution in [0.4, 0.5) is 20.6 Å². The summed E-state index contributed by atoms with van der Waals surface area (Å²) in [5.41, 5.74) is 3.72. The Morgan fingerprint density at radius 2 is 1.50 bits per heavy atom. The molecule has 0 spiro atoms. The highest BCUT2D eigenvalue weighted by Crippen LogP contribution is 2.27. The number of halogens is 1. The number of nitrogens with one attached hydrogen (secondary N) is 2. The van der Waals surface area contributed by atoms with Crippen LogP contribution in [0.1, 0.15) is 31.9 Å². The van der Waals surface area contributed by atoms with Crippen molar-refractivity contribution in [3.8, 4) is 0 Å². The van der Waals surface area contributed by atoms with Crippen LogP contribution >= 0.6 is 0 Å². The molecule has 2 rings (SSSR count). The van der Waals surface area contributed by atoms with Gasteiger partial charge in [-0.2, -0.15) is 0 Å². The second kappa shape index (κ2) is 6.18. The summed E-state index contributed by atoms with van der Waals surface area (Å²) in [6, 6.07) is 11.2. The lowest BCUT2D eigenvalue weighted by Gasteiger charge is -2.22. The van der Waals surface area contributed by atoms with E-state index in [9.17, 15) is 9.18 Å². The van der Waals surface area contributed by atoms with E-state index < -0.39 is 0 Å². The van der Waals surface area contributed by atoms with Gasteiger partial charge in [-0.1, -0.05) is 26.8 Å². The minimum absolute atomic E-state index is 0.0684. The van der Waals surface area contributed by atoms with Crippen molar-refractivity contribution in [1.82, 2.24) is 0 Å². The van der Waals surface area contributed by atoms with Crippen LogP contribution in [0.2, 0.25) is 0 Å². The highest BCUT2D eigenvalue weighted by atomic mass is 19.1. The SMILES string of the molecule is Cc1cc(NC(=O)Nc2ccc(F)cc2)ccc1C(C)(C)C. The van der Waals surface area contributed by atoms with Crippen molar-refractivity contribution in [2.75, 3.05) is 10.6 Å². The molecule has 116 valence electrons. The molecule has 0 heterocycles. The first-order chi connectivity index (χ1) is 10.3. The van der Waals surface area contributed by atoms with Crippen LogP contribution in [0.3, 0.4) is 0 Å². The molecule has 0 aliphatic rings. The molecule has 2 N–H and O–H groups in total. The van der Waals surface area contributed by atoms with Gasteiger partial charge in [0.15, 0.2) is 0 Å². The summed E-state index contributed by atoms with van der Waals surface area (Å²) < 4.78 is 12.8. The lowest BCUT2D eigenvalue weighted by Crippen LogP contribution is -2.20. The Labute approximate surface area is 130 Å². The van der Waals surface area contributed by atoms with Crippen molar-refractivity contribution in [2.24, 2.45) is 0 Å². The second-order valence-electron chi connectivity index (χ2n) is 6.37.